The minimum Gasteiger partial charge on any atom is -0.393 e. The van der Waals surface area contributed by atoms with Crippen LogP contribution in [-0.4, -0.2) is 11.2 Å². The normalized spacial score (nSPS) is 63.7. The first kappa shape index (κ1) is 5.72. The Labute approximate surface area is 56.1 Å². The molecule has 2 saturated carbocycles. The van der Waals surface area contributed by atoms with Crippen LogP contribution in [0.25, 0.3) is 0 Å². The molecule has 2 aliphatic rings. The molecule has 2 aliphatic carbocycles. The van der Waals surface area contributed by atoms with Crippen LogP contribution in [-0.2, 0) is 0 Å². The fourth-order valence-corrected chi connectivity index (χ4v) is 2.43. The predicted octanol–water partition coefficient (Wildman–Crippen LogP) is 1.56. The first-order valence-electron chi connectivity index (χ1n) is 3.77. The molecule has 0 unspecified atom stereocenters. The Morgan fingerprint density at radius 2 is 2.11 bits per heavy atom. The number of fused-ring (bicyclic) bond motifs is 1. The summed E-state index contributed by atoms with van der Waals surface area (Å²) in [6.07, 6.45) is 3.53. The topological polar surface area (TPSA) is 20.2 Å². The average molecular weight is 126 g/mol. The SMILES string of the molecule is C[C@]12CC[C@H](O)[C@@]1(C)C2. The second-order valence-electron chi connectivity index (χ2n) is 4.21. The van der Waals surface area contributed by atoms with E-state index in [1.165, 1.54) is 12.8 Å². The third-order valence-corrected chi connectivity index (χ3v) is 3.72. The standard InChI is InChI=1S/C8H14O/c1-7-4-3-6(9)8(7,2)5-7/h6,9H,3-5H2,1-2H3/t6-,7+,8+/m0/s1. The molecule has 0 bridgehead atoms. The summed E-state index contributed by atoms with van der Waals surface area (Å²) in [5.41, 5.74) is 0.833. The number of aliphatic hydroxyl groups excluding tert-OH is 1. The molecule has 0 amide bonds. The molecule has 0 saturated heterocycles. The van der Waals surface area contributed by atoms with Crippen LogP contribution >= 0.6 is 0 Å². The van der Waals surface area contributed by atoms with Crippen molar-refractivity contribution in [2.45, 2.75) is 39.2 Å². The minimum atomic E-state index is 0.00231. The summed E-state index contributed by atoms with van der Waals surface area (Å²) in [7, 11) is 0. The lowest BCUT2D eigenvalue weighted by Gasteiger charge is -2.11. The Bertz CT molecular complexity index is 151. The molecule has 0 aromatic heterocycles. The van der Waals surface area contributed by atoms with E-state index in [0.717, 1.165) is 6.42 Å². The van der Waals surface area contributed by atoms with E-state index in [2.05, 4.69) is 13.8 Å². The first-order valence-corrected chi connectivity index (χ1v) is 3.77. The fourth-order valence-electron chi connectivity index (χ4n) is 2.43. The molecule has 0 heterocycles. The number of hydrogen-bond acceptors (Lipinski definition) is 1. The maximum absolute atomic E-state index is 9.46. The van der Waals surface area contributed by atoms with Gasteiger partial charge in [0.15, 0.2) is 0 Å². The molecule has 0 aromatic carbocycles. The molecule has 3 atom stereocenters. The molecule has 0 radical (unpaired) electrons. The second kappa shape index (κ2) is 1.20. The van der Waals surface area contributed by atoms with Crippen LogP contribution in [0.2, 0.25) is 0 Å². The molecule has 1 heteroatoms. The smallest absolute Gasteiger partial charge is 0.0599 e. The fraction of sp³-hybridized carbons (Fsp3) is 1.00. The van der Waals surface area contributed by atoms with Crippen molar-refractivity contribution in [3.05, 3.63) is 0 Å². The van der Waals surface area contributed by atoms with Gasteiger partial charge in [-0.15, -0.1) is 0 Å². The van der Waals surface area contributed by atoms with Crippen molar-refractivity contribution in [3.8, 4) is 0 Å². The summed E-state index contributed by atoms with van der Waals surface area (Å²) in [5.74, 6) is 0. The van der Waals surface area contributed by atoms with Crippen molar-refractivity contribution < 1.29 is 5.11 Å². The molecular weight excluding hydrogens is 112 g/mol. The van der Waals surface area contributed by atoms with E-state index >= 15 is 0 Å². The lowest BCUT2D eigenvalue weighted by molar-refractivity contribution is 0.110. The number of rotatable bonds is 0. The van der Waals surface area contributed by atoms with Crippen LogP contribution in [0.4, 0.5) is 0 Å². The number of aliphatic hydroxyl groups is 1. The highest BCUT2D eigenvalue weighted by molar-refractivity contribution is 5.17. The van der Waals surface area contributed by atoms with Crippen LogP contribution in [0.3, 0.4) is 0 Å². The van der Waals surface area contributed by atoms with Gasteiger partial charge in [0.05, 0.1) is 6.10 Å². The molecule has 1 N–H and O–H groups in total. The highest BCUT2D eigenvalue weighted by Crippen LogP contribution is 2.72. The highest BCUT2D eigenvalue weighted by atomic mass is 16.3. The third kappa shape index (κ3) is 0.454. The van der Waals surface area contributed by atoms with Gasteiger partial charge in [-0.05, 0) is 30.1 Å². The largest absolute Gasteiger partial charge is 0.393 e. The van der Waals surface area contributed by atoms with Crippen molar-refractivity contribution in [3.63, 3.8) is 0 Å². The Hall–Kier alpha value is -0.0400. The zero-order valence-corrected chi connectivity index (χ0v) is 6.15. The lowest BCUT2D eigenvalue weighted by Crippen LogP contribution is -2.15. The quantitative estimate of drug-likeness (QED) is 0.522. The molecule has 9 heavy (non-hydrogen) atoms. The van der Waals surface area contributed by atoms with Gasteiger partial charge >= 0.3 is 0 Å². The molecular formula is C8H14O. The van der Waals surface area contributed by atoms with Crippen LogP contribution in [0, 0.1) is 10.8 Å². The van der Waals surface area contributed by atoms with Crippen molar-refractivity contribution in [2.75, 3.05) is 0 Å². The van der Waals surface area contributed by atoms with Gasteiger partial charge in [-0.3, -0.25) is 0 Å². The van der Waals surface area contributed by atoms with Crippen molar-refractivity contribution in [1.82, 2.24) is 0 Å². The van der Waals surface area contributed by atoms with E-state index in [1.807, 2.05) is 0 Å². The number of hydrogen-bond donors (Lipinski definition) is 1. The maximum atomic E-state index is 9.46. The van der Waals surface area contributed by atoms with Crippen LogP contribution < -0.4 is 0 Å². The van der Waals surface area contributed by atoms with E-state index in [1.54, 1.807) is 0 Å². The van der Waals surface area contributed by atoms with Gasteiger partial charge in [0, 0.05) is 0 Å². The molecule has 2 fully saturated rings. The zero-order chi connectivity index (χ0) is 6.70. The Morgan fingerprint density at radius 3 is 2.22 bits per heavy atom. The lowest BCUT2D eigenvalue weighted by atomic mass is 9.99. The monoisotopic (exact) mass is 126 g/mol. The summed E-state index contributed by atoms with van der Waals surface area (Å²) in [5, 5.41) is 9.46. The third-order valence-electron chi connectivity index (χ3n) is 3.72. The van der Waals surface area contributed by atoms with Gasteiger partial charge in [-0.2, -0.15) is 0 Å². The van der Waals surface area contributed by atoms with Crippen molar-refractivity contribution in [1.29, 1.82) is 0 Å². The second-order valence-corrected chi connectivity index (χ2v) is 4.21. The predicted molar refractivity (Wildman–Crippen MR) is 36.1 cm³/mol. The van der Waals surface area contributed by atoms with Crippen LogP contribution in [0.15, 0.2) is 0 Å². The molecule has 2 rings (SSSR count). The van der Waals surface area contributed by atoms with Gasteiger partial charge in [0.25, 0.3) is 0 Å². The van der Waals surface area contributed by atoms with Gasteiger partial charge in [0.2, 0.25) is 0 Å². The van der Waals surface area contributed by atoms with Crippen molar-refractivity contribution >= 4 is 0 Å². The van der Waals surface area contributed by atoms with Crippen molar-refractivity contribution in [2.24, 2.45) is 10.8 Å². The summed E-state index contributed by atoms with van der Waals surface area (Å²) >= 11 is 0. The van der Waals surface area contributed by atoms with Gasteiger partial charge in [0.1, 0.15) is 0 Å². The van der Waals surface area contributed by atoms with Gasteiger partial charge in [-0.25, -0.2) is 0 Å². The summed E-state index contributed by atoms with van der Waals surface area (Å²) in [6.45, 7) is 4.51. The van der Waals surface area contributed by atoms with E-state index in [-0.39, 0.29) is 6.10 Å². The molecule has 0 spiro atoms. The molecule has 0 aromatic rings. The Morgan fingerprint density at radius 1 is 1.44 bits per heavy atom. The summed E-state index contributed by atoms with van der Waals surface area (Å²) in [6, 6.07) is 0. The van der Waals surface area contributed by atoms with Crippen LogP contribution in [0.5, 0.6) is 0 Å². The summed E-state index contributed by atoms with van der Waals surface area (Å²) in [4.78, 5) is 0. The van der Waals surface area contributed by atoms with Gasteiger partial charge < -0.3 is 5.11 Å². The van der Waals surface area contributed by atoms with E-state index < -0.39 is 0 Å². The molecule has 52 valence electrons. The Balaban J connectivity index is 2.27. The van der Waals surface area contributed by atoms with Crippen LogP contribution in [0.1, 0.15) is 33.1 Å². The van der Waals surface area contributed by atoms with E-state index in [0.29, 0.717) is 10.8 Å². The summed E-state index contributed by atoms with van der Waals surface area (Å²) < 4.78 is 0. The molecule has 1 nitrogen and oxygen atoms in total. The average Bonchev–Trinajstić information content (AvgIpc) is 2.26. The maximum Gasteiger partial charge on any atom is 0.0599 e. The van der Waals surface area contributed by atoms with Gasteiger partial charge in [-0.1, -0.05) is 13.8 Å². The zero-order valence-electron chi connectivity index (χ0n) is 6.15. The first-order chi connectivity index (χ1) is 4.08. The van der Waals surface area contributed by atoms with E-state index in [9.17, 15) is 5.11 Å². The Kier molecular flexibility index (Phi) is 0.760. The minimum absolute atomic E-state index is 0.00231. The molecule has 0 aliphatic heterocycles. The van der Waals surface area contributed by atoms with E-state index in [4.69, 9.17) is 0 Å². The highest BCUT2D eigenvalue weighted by Gasteiger charge is 2.67.